The largest absolute Gasteiger partial charge is 0.497 e. The Morgan fingerprint density at radius 1 is 1.00 bits per heavy atom. The maximum absolute atomic E-state index is 12.0. The normalized spacial score (nSPS) is 10.5. The summed E-state index contributed by atoms with van der Waals surface area (Å²) in [5.74, 6) is 2.61. The summed E-state index contributed by atoms with van der Waals surface area (Å²) >= 11 is 0. The summed E-state index contributed by atoms with van der Waals surface area (Å²) in [5.41, 5.74) is 1.88. The van der Waals surface area contributed by atoms with Gasteiger partial charge in [0, 0.05) is 24.9 Å². The highest BCUT2D eigenvalue weighted by Gasteiger charge is 2.10. The first-order valence-electron chi connectivity index (χ1n) is 9.04. The van der Waals surface area contributed by atoms with E-state index in [0.717, 1.165) is 22.6 Å². The van der Waals surface area contributed by atoms with E-state index in [1.54, 1.807) is 14.2 Å². The van der Waals surface area contributed by atoms with Gasteiger partial charge in [0.1, 0.15) is 11.5 Å². The third-order valence-electron chi connectivity index (χ3n) is 4.26. The number of carbonyl (C=O) groups excluding carboxylic acids is 1. The van der Waals surface area contributed by atoms with E-state index >= 15 is 0 Å². The number of benzene rings is 2. The lowest BCUT2D eigenvalue weighted by atomic mass is 10.2. The van der Waals surface area contributed by atoms with Gasteiger partial charge >= 0.3 is 0 Å². The molecule has 28 heavy (non-hydrogen) atoms. The molecule has 7 nitrogen and oxygen atoms in total. The average molecular weight is 381 g/mol. The van der Waals surface area contributed by atoms with Gasteiger partial charge < -0.3 is 19.3 Å². The summed E-state index contributed by atoms with van der Waals surface area (Å²) in [4.78, 5) is 16.4. The number of nitrogens with zero attached hydrogens (tertiary/aromatic N) is 2. The van der Waals surface area contributed by atoms with Gasteiger partial charge in [-0.3, -0.25) is 4.79 Å². The molecule has 1 aromatic heterocycles. The number of rotatable bonds is 9. The molecule has 0 saturated carbocycles. The fourth-order valence-corrected chi connectivity index (χ4v) is 2.65. The van der Waals surface area contributed by atoms with Crippen LogP contribution in [0.5, 0.6) is 11.5 Å². The lowest BCUT2D eigenvalue weighted by Gasteiger charge is -2.06. The van der Waals surface area contributed by atoms with Crippen molar-refractivity contribution < 1.29 is 18.8 Å². The van der Waals surface area contributed by atoms with Gasteiger partial charge in [-0.2, -0.15) is 4.98 Å². The molecule has 2 aromatic carbocycles. The third-order valence-corrected chi connectivity index (χ3v) is 4.26. The molecule has 3 aromatic rings. The molecule has 1 heterocycles. The van der Waals surface area contributed by atoms with Gasteiger partial charge in [0.05, 0.1) is 14.2 Å². The Bertz CT molecular complexity index is 889. The summed E-state index contributed by atoms with van der Waals surface area (Å²) in [5, 5.41) is 6.90. The van der Waals surface area contributed by atoms with Crippen molar-refractivity contribution in [2.45, 2.75) is 25.8 Å². The highest BCUT2D eigenvalue weighted by atomic mass is 16.5. The van der Waals surface area contributed by atoms with Crippen LogP contribution in [0, 0.1) is 0 Å². The van der Waals surface area contributed by atoms with Crippen LogP contribution in [0.4, 0.5) is 0 Å². The minimum absolute atomic E-state index is 0.00860. The quantitative estimate of drug-likeness (QED) is 0.611. The minimum Gasteiger partial charge on any atom is -0.497 e. The summed E-state index contributed by atoms with van der Waals surface area (Å²) in [6, 6.07) is 15.0. The highest BCUT2D eigenvalue weighted by molar-refractivity contribution is 5.75. The van der Waals surface area contributed by atoms with E-state index in [1.165, 1.54) is 0 Å². The molecule has 1 amide bonds. The van der Waals surface area contributed by atoms with Crippen LogP contribution in [0.3, 0.4) is 0 Å². The van der Waals surface area contributed by atoms with E-state index < -0.39 is 0 Å². The number of aryl methyl sites for hydroxylation is 1. The molecule has 0 spiro atoms. The van der Waals surface area contributed by atoms with Crippen molar-refractivity contribution in [3.63, 3.8) is 0 Å². The van der Waals surface area contributed by atoms with Gasteiger partial charge in [-0.1, -0.05) is 17.3 Å². The summed E-state index contributed by atoms with van der Waals surface area (Å²) in [7, 11) is 3.24. The molecule has 3 rings (SSSR count). The van der Waals surface area contributed by atoms with E-state index in [9.17, 15) is 4.79 Å². The van der Waals surface area contributed by atoms with Crippen molar-refractivity contribution in [2.24, 2.45) is 0 Å². The van der Waals surface area contributed by atoms with Crippen molar-refractivity contribution in [1.29, 1.82) is 0 Å². The molecule has 0 aliphatic rings. The van der Waals surface area contributed by atoms with E-state index in [1.807, 2.05) is 48.5 Å². The maximum Gasteiger partial charge on any atom is 0.226 e. The first-order chi connectivity index (χ1) is 13.7. The Morgan fingerprint density at radius 3 is 2.29 bits per heavy atom. The van der Waals surface area contributed by atoms with Crippen LogP contribution in [0.15, 0.2) is 53.1 Å². The molecule has 0 radical (unpaired) electrons. The number of carbonyl (C=O) groups is 1. The zero-order valence-electron chi connectivity index (χ0n) is 16.0. The predicted octanol–water partition coefficient (Wildman–Crippen LogP) is 3.39. The van der Waals surface area contributed by atoms with Crippen LogP contribution in [-0.4, -0.2) is 30.3 Å². The number of aromatic nitrogens is 2. The van der Waals surface area contributed by atoms with Crippen LogP contribution < -0.4 is 14.8 Å². The van der Waals surface area contributed by atoms with E-state index in [2.05, 4.69) is 15.5 Å². The first kappa shape index (κ1) is 19.4. The topological polar surface area (TPSA) is 86.5 Å². The molecule has 0 fully saturated rings. The Morgan fingerprint density at radius 2 is 1.64 bits per heavy atom. The fourth-order valence-electron chi connectivity index (χ4n) is 2.65. The second-order valence-electron chi connectivity index (χ2n) is 6.22. The third kappa shape index (κ3) is 5.33. The SMILES string of the molecule is COc1ccc(CNC(=O)CCCc2nc(-c3ccc(OC)cc3)no2)cc1. The number of amides is 1. The Labute approximate surface area is 163 Å². The van der Waals surface area contributed by atoms with Crippen molar-refractivity contribution in [2.75, 3.05) is 14.2 Å². The van der Waals surface area contributed by atoms with Gasteiger partial charge in [-0.15, -0.1) is 0 Å². The second kappa shape index (κ2) is 9.55. The molecular formula is C21H23N3O4. The first-order valence-corrected chi connectivity index (χ1v) is 9.04. The van der Waals surface area contributed by atoms with Crippen molar-refractivity contribution in [1.82, 2.24) is 15.5 Å². The molecule has 0 atom stereocenters. The van der Waals surface area contributed by atoms with Crippen molar-refractivity contribution in [3.8, 4) is 22.9 Å². The smallest absolute Gasteiger partial charge is 0.226 e. The highest BCUT2D eigenvalue weighted by Crippen LogP contribution is 2.20. The fraction of sp³-hybridized carbons (Fsp3) is 0.286. The number of hydrogen-bond acceptors (Lipinski definition) is 6. The number of hydrogen-bond donors (Lipinski definition) is 1. The zero-order valence-corrected chi connectivity index (χ0v) is 16.0. The second-order valence-corrected chi connectivity index (χ2v) is 6.22. The lowest BCUT2D eigenvalue weighted by Crippen LogP contribution is -2.22. The standard InChI is InChI=1S/C21H23N3O4/c1-26-17-10-6-15(7-11-17)14-22-19(25)4-3-5-20-23-21(24-28-20)16-8-12-18(27-2)13-9-16/h6-13H,3-5,14H2,1-2H3,(H,22,25). The van der Waals surface area contributed by atoms with Gasteiger partial charge in [0.25, 0.3) is 0 Å². The van der Waals surface area contributed by atoms with Gasteiger partial charge in [0.15, 0.2) is 0 Å². The minimum atomic E-state index is -0.00860. The Kier molecular flexibility index (Phi) is 6.62. The van der Waals surface area contributed by atoms with Gasteiger partial charge in [0.2, 0.25) is 17.6 Å². The molecule has 1 N–H and O–H groups in total. The van der Waals surface area contributed by atoms with Gasteiger partial charge in [-0.25, -0.2) is 0 Å². The number of ether oxygens (including phenoxy) is 2. The van der Waals surface area contributed by atoms with Gasteiger partial charge in [-0.05, 0) is 48.4 Å². The zero-order chi connectivity index (χ0) is 19.8. The average Bonchev–Trinajstić information content (AvgIpc) is 3.21. The molecule has 0 unspecified atom stereocenters. The molecule has 146 valence electrons. The van der Waals surface area contributed by atoms with E-state index in [0.29, 0.717) is 37.5 Å². The van der Waals surface area contributed by atoms with E-state index in [4.69, 9.17) is 14.0 Å². The maximum atomic E-state index is 12.0. The number of methoxy groups -OCH3 is 2. The monoisotopic (exact) mass is 381 g/mol. The van der Waals surface area contributed by atoms with Crippen molar-refractivity contribution in [3.05, 3.63) is 60.0 Å². The molecule has 0 aliphatic carbocycles. The number of nitrogens with one attached hydrogen (secondary N) is 1. The van der Waals surface area contributed by atoms with Crippen LogP contribution in [-0.2, 0) is 17.8 Å². The molecule has 0 saturated heterocycles. The Hall–Kier alpha value is -3.35. The molecular weight excluding hydrogens is 358 g/mol. The summed E-state index contributed by atoms with van der Waals surface area (Å²) in [6.07, 6.45) is 1.59. The summed E-state index contributed by atoms with van der Waals surface area (Å²) < 4.78 is 15.5. The van der Waals surface area contributed by atoms with Crippen LogP contribution >= 0.6 is 0 Å². The molecule has 0 aliphatic heterocycles. The lowest BCUT2D eigenvalue weighted by molar-refractivity contribution is -0.121. The molecule has 0 bridgehead atoms. The van der Waals surface area contributed by atoms with Crippen LogP contribution in [0.2, 0.25) is 0 Å². The van der Waals surface area contributed by atoms with Crippen LogP contribution in [0.1, 0.15) is 24.3 Å². The molecule has 7 heteroatoms. The van der Waals surface area contributed by atoms with Crippen molar-refractivity contribution >= 4 is 5.91 Å². The Balaban J connectivity index is 1.41. The van der Waals surface area contributed by atoms with E-state index in [-0.39, 0.29) is 5.91 Å². The summed E-state index contributed by atoms with van der Waals surface area (Å²) in [6.45, 7) is 0.491. The predicted molar refractivity (Wildman–Crippen MR) is 104 cm³/mol. The van der Waals surface area contributed by atoms with Crippen LogP contribution in [0.25, 0.3) is 11.4 Å².